The molecule has 1 aromatic heterocycles. The third kappa shape index (κ3) is 3.71. The molecule has 5 heteroatoms. The molecule has 0 spiro atoms. The fourth-order valence-electron chi connectivity index (χ4n) is 1.70. The second kappa shape index (κ2) is 6.73. The number of halogens is 1. The Bertz CT molecular complexity index is 710. The lowest BCUT2D eigenvalue weighted by atomic mass is 10.2. The van der Waals surface area contributed by atoms with Crippen molar-refractivity contribution in [1.82, 2.24) is 0 Å². The molecule has 0 aliphatic rings. The Hall–Kier alpha value is -2.58. The highest BCUT2D eigenvalue weighted by atomic mass is 19.1. The van der Waals surface area contributed by atoms with Gasteiger partial charge >= 0.3 is 0 Å². The smallest absolute Gasteiger partial charge is 0.291 e. The molecule has 4 nitrogen and oxygen atoms in total. The number of hydrogen-bond acceptors (Lipinski definition) is 3. The van der Waals surface area contributed by atoms with Gasteiger partial charge in [0.1, 0.15) is 5.82 Å². The van der Waals surface area contributed by atoms with Crippen LogP contribution in [-0.4, -0.2) is 17.6 Å². The molecule has 108 valence electrons. The minimum Gasteiger partial charge on any atom is -0.459 e. The zero-order chi connectivity index (χ0) is 15.2. The van der Waals surface area contributed by atoms with E-state index in [-0.39, 0.29) is 18.1 Å². The van der Waals surface area contributed by atoms with E-state index in [1.165, 1.54) is 18.4 Å². The van der Waals surface area contributed by atoms with Gasteiger partial charge in [0, 0.05) is 17.5 Å². The summed E-state index contributed by atoms with van der Waals surface area (Å²) in [4.78, 5) is 11.9. The summed E-state index contributed by atoms with van der Waals surface area (Å²) >= 11 is 0. The monoisotopic (exact) mass is 287 g/mol. The minimum atomic E-state index is -0.580. The van der Waals surface area contributed by atoms with Gasteiger partial charge in [-0.2, -0.15) is 0 Å². The zero-order valence-electron chi connectivity index (χ0n) is 11.4. The van der Waals surface area contributed by atoms with Gasteiger partial charge in [0.2, 0.25) is 0 Å². The van der Waals surface area contributed by atoms with Crippen LogP contribution in [0.3, 0.4) is 0 Å². The maximum absolute atomic E-state index is 13.9. The molecule has 1 amide bonds. The summed E-state index contributed by atoms with van der Waals surface area (Å²) in [5.74, 6) is 4.49. The molecule has 0 bridgehead atoms. The Balaban J connectivity index is 2.13. The SMILES string of the molecule is Cc1ccoc1C(=O)Nc1ccc(C#CCCO)cc1F. The number of aliphatic hydroxyl groups excluding tert-OH is 1. The molecule has 0 fully saturated rings. The standard InChI is InChI=1S/C16H14FNO3/c1-11-7-9-21-15(11)16(20)18-14-6-5-12(10-13(14)17)4-2-3-8-19/h5-7,9-10,19H,3,8H2,1H3,(H,18,20). The number of amides is 1. The minimum absolute atomic E-state index is 0.0356. The lowest BCUT2D eigenvalue weighted by Gasteiger charge is -2.05. The van der Waals surface area contributed by atoms with Crippen LogP contribution < -0.4 is 5.32 Å². The average molecular weight is 287 g/mol. The summed E-state index contributed by atoms with van der Waals surface area (Å²) in [7, 11) is 0. The number of aryl methyl sites for hydroxylation is 1. The van der Waals surface area contributed by atoms with E-state index in [4.69, 9.17) is 9.52 Å². The normalized spacial score (nSPS) is 9.86. The average Bonchev–Trinajstić information content (AvgIpc) is 2.88. The van der Waals surface area contributed by atoms with Crippen molar-refractivity contribution in [2.24, 2.45) is 0 Å². The van der Waals surface area contributed by atoms with E-state index in [2.05, 4.69) is 17.2 Å². The molecular formula is C16H14FNO3. The fourth-order valence-corrected chi connectivity index (χ4v) is 1.70. The molecule has 2 N–H and O–H groups in total. The predicted octanol–water partition coefficient (Wildman–Crippen LogP) is 2.71. The molecule has 0 aliphatic heterocycles. The fraction of sp³-hybridized carbons (Fsp3) is 0.188. The van der Waals surface area contributed by atoms with Crippen LogP contribution in [0, 0.1) is 24.6 Å². The van der Waals surface area contributed by atoms with Crippen molar-refractivity contribution in [1.29, 1.82) is 0 Å². The van der Waals surface area contributed by atoms with E-state index in [1.807, 2.05) is 0 Å². The molecule has 0 saturated heterocycles. The number of anilines is 1. The van der Waals surface area contributed by atoms with E-state index in [1.54, 1.807) is 19.1 Å². The van der Waals surface area contributed by atoms with Crippen molar-refractivity contribution < 1.29 is 18.7 Å². The number of hydrogen-bond donors (Lipinski definition) is 2. The third-order valence-corrected chi connectivity index (χ3v) is 2.76. The Morgan fingerprint density at radius 1 is 1.43 bits per heavy atom. The highest BCUT2D eigenvalue weighted by Gasteiger charge is 2.14. The Morgan fingerprint density at radius 2 is 2.24 bits per heavy atom. The molecule has 2 aromatic rings. The first-order chi connectivity index (χ1) is 10.1. The largest absolute Gasteiger partial charge is 0.459 e. The van der Waals surface area contributed by atoms with E-state index < -0.39 is 11.7 Å². The summed E-state index contributed by atoms with van der Waals surface area (Å²) in [5.41, 5.74) is 1.22. The molecule has 2 rings (SSSR count). The van der Waals surface area contributed by atoms with Crippen LogP contribution in [-0.2, 0) is 0 Å². The lowest BCUT2D eigenvalue weighted by molar-refractivity contribution is 0.0995. The molecule has 0 unspecified atom stereocenters. The Morgan fingerprint density at radius 3 is 2.86 bits per heavy atom. The van der Waals surface area contributed by atoms with Gasteiger partial charge in [-0.15, -0.1) is 0 Å². The second-order valence-corrected chi connectivity index (χ2v) is 4.36. The van der Waals surface area contributed by atoms with Gasteiger partial charge in [0.15, 0.2) is 5.76 Å². The first-order valence-electron chi connectivity index (χ1n) is 6.36. The van der Waals surface area contributed by atoms with E-state index in [9.17, 15) is 9.18 Å². The molecule has 1 aromatic carbocycles. The number of nitrogens with one attached hydrogen (secondary N) is 1. The number of benzene rings is 1. The number of rotatable bonds is 3. The van der Waals surface area contributed by atoms with Gasteiger partial charge in [0.25, 0.3) is 5.91 Å². The van der Waals surface area contributed by atoms with Crippen LogP contribution in [0.2, 0.25) is 0 Å². The van der Waals surface area contributed by atoms with Crippen molar-refractivity contribution in [3.63, 3.8) is 0 Å². The van der Waals surface area contributed by atoms with Crippen LogP contribution in [0.4, 0.5) is 10.1 Å². The van der Waals surface area contributed by atoms with Gasteiger partial charge in [-0.3, -0.25) is 4.79 Å². The summed E-state index contributed by atoms with van der Waals surface area (Å²) in [6.45, 7) is 1.70. The van der Waals surface area contributed by atoms with E-state index >= 15 is 0 Å². The van der Waals surface area contributed by atoms with E-state index in [0.717, 1.165) is 0 Å². The molecular weight excluding hydrogens is 273 g/mol. The maximum atomic E-state index is 13.9. The summed E-state index contributed by atoms with van der Waals surface area (Å²) in [5, 5.41) is 11.1. The van der Waals surface area contributed by atoms with Crippen LogP contribution in [0.5, 0.6) is 0 Å². The van der Waals surface area contributed by atoms with Crippen molar-refractivity contribution in [2.45, 2.75) is 13.3 Å². The predicted molar refractivity (Wildman–Crippen MR) is 76.4 cm³/mol. The van der Waals surface area contributed by atoms with Crippen LogP contribution in [0.15, 0.2) is 34.9 Å². The first-order valence-corrected chi connectivity index (χ1v) is 6.36. The highest BCUT2D eigenvalue weighted by Crippen LogP contribution is 2.18. The van der Waals surface area contributed by atoms with Gasteiger partial charge in [0.05, 0.1) is 18.6 Å². The van der Waals surface area contributed by atoms with Crippen molar-refractivity contribution in [3.8, 4) is 11.8 Å². The lowest BCUT2D eigenvalue weighted by Crippen LogP contribution is -2.13. The third-order valence-electron chi connectivity index (χ3n) is 2.76. The molecule has 1 heterocycles. The number of aliphatic hydroxyl groups is 1. The maximum Gasteiger partial charge on any atom is 0.291 e. The van der Waals surface area contributed by atoms with Gasteiger partial charge in [-0.05, 0) is 31.2 Å². The molecule has 0 radical (unpaired) electrons. The van der Waals surface area contributed by atoms with Crippen LogP contribution >= 0.6 is 0 Å². The number of carbonyl (C=O) groups is 1. The van der Waals surface area contributed by atoms with Gasteiger partial charge < -0.3 is 14.8 Å². The number of carbonyl (C=O) groups excluding carboxylic acids is 1. The van der Waals surface area contributed by atoms with Crippen molar-refractivity contribution in [2.75, 3.05) is 11.9 Å². The quantitative estimate of drug-likeness (QED) is 0.853. The molecule has 21 heavy (non-hydrogen) atoms. The van der Waals surface area contributed by atoms with Crippen molar-refractivity contribution in [3.05, 3.63) is 53.2 Å². The van der Waals surface area contributed by atoms with Crippen LogP contribution in [0.25, 0.3) is 0 Å². The molecule has 0 atom stereocenters. The zero-order valence-corrected chi connectivity index (χ0v) is 11.4. The van der Waals surface area contributed by atoms with Crippen molar-refractivity contribution >= 4 is 11.6 Å². The first kappa shape index (κ1) is 14.8. The summed E-state index contributed by atoms with van der Waals surface area (Å²) < 4.78 is 18.9. The van der Waals surface area contributed by atoms with E-state index in [0.29, 0.717) is 17.5 Å². The topological polar surface area (TPSA) is 62.5 Å². The van der Waals surface area contributed by atoms with Gasteiger partial charge in [-0.1, -0.05) is 11.8 Å². The van der Waals surface area contributed by atoms with Gasteiger partial charge in [-0.25, -0.2) is 4.39 Å². The van der Waals surface area contributed by atoms with Crippen LogP contribution in [0.1, 0.15) is 28.1 Å². The Labute approximate surface area is 121 Å². The summed E-state index contributed by atoms with van der Waals surface area (Å²) in [6.07, 6.45) is 1.73. The summed E-state index contributed by atoms with van der Waals surface area (Å²) in [6, 6.07) is 5.92. The Kier molecular flexibility index (Phi) is 4.75. The highest BCUT2D eigenvalue weighted by molar-refractivity contribution is 6.03. The number of furan rings is 1. The molecule has 0 aliphatic carbocycles. The second-order valence-electron chi connectivity index (χ2n) is 4.36. The molecule has 0 saturated carbocycles.